The Morgan fingerprint density at radius 1 is 1.08 bits per heavy atom. The average molecular weight is 559 g/mol. The van der Waals surface area contributed by atoms with E-state index in [-0.39, 0.29) is 16.5 Å². The summed E-state index contributed by atoms with van der Waals surface area (Å²) in [5.74, 6) is 0.252. The number of nitrogens with one attached hydrogen (secondary N) is 1. The van der Waals surface area contributed by atoms with Crippen molar-refractivity contribution in [2.45, 2.75) is 11.8 Å². The molecule has 0 aliphatic carbocycles. The second-order valence-corrected chi connectivity index (χ2v) is 11.8. The highest BCUT2D eigenvalue weighted by molar-refractivity contribution is 7.92. The number of carbonyl (C=O) groups is 1. The van der Waals surface area contributed by atoms with Gasteiger partial charge in [-0.2, -0.15) is 0 Å². The van der Waals surface area contributed by atoms with E-state index in [4.69, 9.17) is 16.3 Å². The summed E-state index contributed by atoms with van der Waals surface area (Å²) in [5.41, 5.74) is 2.14. The van der Waals surface area contributed by atoms with Crippen molar-refractivity contribution < 1.29 is 17.9 Å². The molecule has 194 valence electrons. The number of ether oxygens (including phenoxy) is 1. The number of fused-ring (bicyclic) bond motifs is 1. The number of anilines is 2. The number of nitrogens with zero attached hydrogens (tertiary/aromatic N) is 3. The number of methoxy groups -OCH3 is 1. The van der Waals surface area contributed by atoms with Crippen LogP contribution in [0.4, 0.5) is 10.8 Å². The van der Waals surface area contributed by atoms with Gasteiger partial charge in [0, 0.05) is 24.3 Å². The van der Waals surface area contributed by atoms with Crippen molar-refractivity contribution in [2.24, 2.45) is 0 Å². The second-order valence-electron chi connectivity index (χ2n) is 8.68. The van der Waals surface area contributed by atoms with Crippen LogP contribution in [-0.4, -0.2) is 58.5 Å². The highest BCUT2D eigenvalue weighted by Gasteiger charge is 2.24. The van der Waals surface area contributed by atoms with Gasteiger partial charge in [0.15, 0.2) is 5.13 Å². The Morgan fingerprint density at radius 2 is 1.81 bits per heavy atom. The lowest BCUT2D eigenvalue weighted by Gasteiger charge is -2.22. The smallest absolute Gasteiger partial charge is 0.261 e. The van der Waals surface area contributed by atoms with Crippen molar-refractivity contribution in [3.05, 3.63) is 76.8 Å². The summed E-state index contributed by atoms with van der Waals surface area (Å²) in [5, 5.41) is 0.992. The van der Waals surface area contributed by atoms with Crippen LogP contribution < -0.4 is 14.4 Å². The molecule has 4 aromatic rings. The lowest BCUT2D eigenvalue weighted by Crippen LogP contribution is -2.36. The fourth-order valence-corrected chi connectivity index (χ4v) is 5.94. The molecule has 0 radical (unpaired) electrons. The van der Waals surface area contributed by atoms with Gasteiger partial charge in [-0.25, -0.2) is 13.4 Å². The average Bonchev–Trinajstić information content (AvgIpc) is 3.30. The van der Waals surface area contributed by atoms with Crippen LogP contribution in [0.3, 0.4) is 0 Å². The normalized spacial score (nSPS) is 11.6. The lowest BCUT2D eigenvalue weighted by atomic mass is 10.2. The minimum absolute atomic E-state index is 0.141. The summed E-state index contributed by atoms with van der Waals surface area (Å²) in [6.07, 6.45) is 0. The molecule has 0 spiro atoms. The molecule has 0 saturated carbocycles. The number of amides is 1. The van der Waals surface area contributed by atoms with Gasteiger partial charge in [0.25, 0.3) is 15.9 Å². The van der Waals surface area contributed by atoms with Crippen molar-refractivity contribution in [1.82, 2.24) is 9.88 Å². The Hall–Kier alpha value is -3.18. The van der Waals surface area contributed by atoms with Crippen LogP contribution in [0.2, 0.25) is 5.02 Å². The zero-order chi connectivity index (χ0) is 26.7. The van der Waals surface area contributed by atoms with Crippen LogP contribution in [0.1, 0.15) is 15.9 Å². The van der Waals surface area contributed by atoms with E-state index in [0.717, 1.165) is 10.3 Å². The molecule has 0 saturated heterocycles. The SMILES string of the molecule is COc1ccc(Cl)c2sc(N(CCN(C)C)C(=O)c3cccc(NS(=O)(=O)c4ccc(C)cc4)c3)nc12. The Labute approximate surface area is 225 Å². The molecule has 37 heavy (non-hydrogen) atoms. The molecule has 0 atom stereocenters. The van der Waals surface area contributed by atoms with Crippen LogP contribution in [0.5, 0.6) is 5.75 Å². The van der Waals surface area contributed by atoms with E-state index in [0.29, 0.717) is 40.1 Å². The van der Waals surface area contributed by atoms with Gasteiger partial charge in [-0.15, -0.1) is 0 Å². The summed E-state index contributed by atoms with van der Waals surface area (Å²) in [4.78, 5) is 22.1. The van der Waals surface area contributed by atoms with Gasteiger partial charge in [0.2, 0.25) is 0 Å². The molecule has 3 aromatic carbocycles. The third-order valence-electron chi connectivity index (χ3n) is 5.61. The number of carbonyl (C=O) groups excluding carboxylic acids is 1. The van der Waals surface area contributed by atoms with E-state index < -0.39 is 10.0 Å². The Bertz CT molecular complexity index is 1540. The number of halogens is 1. The number of hydrogen-bond acceptors (Lipinski definition) is 7. The third kappa shape index (κ3) is 6.04. The van der Waals surface area contributed by atoms with E-state index in [1.54, 1.807) is 66.6 Å². The van der Waals surface area contributed by atoms with Gasteiger partial charge in [0.1, 0.15) is 11.3 Å². The standard InChI is InChI=1S/C26H27ClN4O4S2/c1-17-8-10-20(11-9-17)37(33,34)29-19-7-5-6-18(16-19)25(32)31(15-14-30(2)3)26-28-23-22(35-4)13-12-21(27)24(23)36-26/h5-13,16,29H,14-15H2,1-4H3. The van der Waals surface area contributed by atoms with Crippen molar-refractivity contribution >= 4 is 59.9 Å². The quantitative estimate of drug-likeness (QED) is 0.301. The summed E-state index contributed by atoms with van der Waals surface area (Å²) in [6.45, 7) is 2.84. The lowest BCUT2D eigenvalue weighted by molar-refractivity contribution is 0.0985. The van der Waals surface area contributed by atoms with Crippen molar-refractivity contribution in [3.63, 3.8) is 0 Å². The van der Waals surface area contributed by atoms with Crippen molar-refractivity contribution in [1.29, 1.82) is 0 Å². The highest BCUT2D eigenvalue weighted by Crippen LogP contribution is 2.39. The predicted molar refractivity (Wildman–Crippen MR) is 150 cm³/mol. The molecule has 0 fully saturated rings. The molecule has 0 unspecified atom stereocenters. The molecule has 1 amide bonds. The van der Waals surface area contributed by atoms with Gasteiger partial charge in [-0.3, -0.25) is 14.4 Å². The Morgan fingerprint density at radius 3 is 2.49 bits per heavy atom. The molecular formula is C26H27ClN4O4S2. The number of rotatable bonds is 9. The molecular weight excluding hydrogens is 532 g/mol. The molecule has 1 aromatic heterocycles. The van der Waals surface area contributed by atoms with Gasteiger partial charge < -0.3 is 9.64 Å². The first-order chi connectivity index (χ1) is 17.6. The molecule has 1 heterocycles. The molecule has 8 nitrogen and oxygen atoms in total. The van der Waals surface area contributed by atoms with Gasteiger partial charge in [-0.1, -0.05) is 46.7 Å². The first-order valence-corrected chi connectivity index (χ1v) is 14.1. The number of aromatic nitrogens is 1. The van der Waals surface area contributed by atoms with Crippen molar-refractivity contribution in [2.75, 3.05) is 43.9 Å². The Balaban J connectivity index is 1.68. The van der Waals surface area contributed by atoms with E-state index in [2.05, 4.69) is 9.71 Å². The molecule has 1 N–H and O–H groups in total. The monoisotopic (exact) mass is 558 g/mol. The summed E-state index contributed by atoms with van der Waals surface area (Å²) < 4.78 is 34.5. The van der Waals surface area contributed by atoms with Crippen LogP contribution in [0, 0.1) is 6.92 Å². The van der Waals surface area contributed by atoms with Crippen molar-refractivity contribution in [3.8, 4) is 5.75 Å². The molecule has 0 aliphatic heterocycles. The van der Waals surface area contributed by atoms with Gasteiger partial charge in [-0.05, 0) is 63.5 Å². The zero-order valence-corrected chi connectivity index (χ0v) is 23.2. The molecule has 0 bridgehead atoms. The van der Waals surface area contributed by atoms with Gasteiger partial charge >= 0.3 is 0 Å². The molecule has 0 aliphatic rings. The third-order valence-corrected chi connectivity index (χ3v) is 8.54. The number of benzene rings is 3. The maximum atomic E-state index is 13.7. The maximum Gasteiger partial charge on any atom is 0.261 e. The summed E-state index contributed by atoms with van der Waals surface area (Å²) in [7, 11) is 1.57. The molecule has 11 heteroatoms. The minimum Gasteiger partial charge on any atom is -0.494 e. The fraction of sp³-hybridized carbons (Fsp3) is 0.231. The van der Waals surface area contributed by atoms with Gasteiger partial charge in [0.05, 0.1) is 21.7 Å². The van der Waals surface area contributed by atoms with E-state index >= 15 is 0 Å². The maximum absolute atomic E-state index is 13.7. The van der Waals surface area contributed by atoms with Crippen LogP contribution in [0.15, 0.2) is 65.6 Å². The summed E-state index contributed by atoms with van der Waals surface area (Å²) in [6, 6.07) is 16.5. The largest absolute Gasteiger partial charge is 0.494 e. The van der Waals surface area contributed by atoms with Crippen LogP contribution in [0.25, 0.3) is 10.2 Å². The number of aryl methyl sites for hydroxylation is 1. The second kappa shape index (κ2) is 11.1. The van der Waals surface area contributed by atoms with E-state index in [1.807, 2.05) is 25.9 Å². The number of likely N-dealkylation sites (N-methyl/N-ethyl adjacent to an activating group) is 1. The number of thiazole rings is 1. The van der Waals surface area contributed by atoms with E-state index in [1.165, 1.54) is 17.4 Å². The van der Waals surface area contributed by atoms with Crippen LogP contribution in [-0.2, 0) is 10.0 Å². The topological polar surface area (TPSA) is 91.8 Å². The van der Waals surface area contributed by atoms with Crippen LogP contribution >= 0.6 is 22.9 Å². The predicted octanol–water partition coefficient (Wildman–Crippen LogP) is 5.28. The zero-order valence-electron chi connectivity index (χ0n) is 20.9. The minimum atomic E-state index is -3.82. The summed E-state index contributed by atoms with van der Waals surface area (Å²) >= 11 is 7.71. The molecule has 4 rings (SSSR count). The number of hydrogen-bond donors (Lipinski definition) is 1. The number of sulfonamides is 1. The Kier molecular flexibility index (Phi) is 8.03. The first kappa shape index (κ1) is 26.9. The highest BCUT2D eigenvalue weighted by atomic mass is 35.5. The first-order valence-electron chi connectivity index (χ1n) is 11.4. The fourth-order valence-electron chi connectivity index (χ4n) is 3.61. The van der Waals surface area contributed by atoms with E-state index in [9.17, 15) is 13.2 Å².